The number of hydrogen-bond donors (Lipinski definition) is 1. The molecular formula is C16H22ClN3O2. The van der Waals surface area contributed by atoms with Crippen molar-refractivity contribution in [3.8, 4) is 0 Å². The van der Waals surface area contributed by atoms with E-state index in [0.717, 1.165) is 5.56 Å². The maximum Gasteiger partial charge on any atom is 0.227 e. The second kappa shape index (κ2) is 7.61. The van der Waals surface area contributed by atoms with Gasteiger partial charge in [-0.05, 0) is 24.6 Å². The number of amides is 2. The number of rotatable bonds is 4. The van der Waals surface area contributed by atoms with Crippen LogP contribution in [0, 0.1) is 0 Å². The zero-order valence-electron chi connectivity index (χ0n) is 12.8. The summed E-state index contributed by atoms with van der Waals surface area (Å²) in [5.74, 6) is 0.154. The molecule has 1 heterocycles. The smallest absolute Gasteiger partial charge is 0.227 e. The number of nitrogens with zero attached hydrogens (tertiary/aromatic N) is 2. The van der Waals surface area contributed by atoms with E-state index in [1.165, 1.54) is 0 Å². The first-order chi connectivity index (χ1) is 10.5. The predicted molar refractivity (Wildman–Crippen MR) is 86.6 cm³/mol. The third-order valence-corrected chi connectivity index (χ3v) is 4.00. The molecule has 0 aromatic heterocycles. The molecule has 22 heavy (non-hydrogen) atoms. The quantitative estimate of drug-likeness (QED) is 0.908. The SMILES string of the molecule is CC(N)CC(=O)N1CCN(C(=O)Cc2ccc(Cl)cc2)CC1. The molecule has 2 rings (SSSR count). The summed E-state index contributed by atoms with van der Waals surface area (Å²) in [6.07, 6.45) is 0.726. The van der Waals surface area contributed by atoms with Gasteiger partial charge in [0.15, 0.2) is 0 Å². The lowest BCUT2D eigenvalue weighted by Gasteiger charge is -2.35. The summed E-state index contributed by atoms with van der Waals surface area (Å²) in [6.45, 7) is 4.15. The Morgan fingerprint density at radius 2 is 1.59 bits per heavy atom. The Bertz CT molecular complexity index is 523. The van der Waals surface area contributed by atoms with E-state index in [2.05, 4.69) is 0 Å². The second-order valence-electron chi connectivity index (χ2n) is 5.75. The first kappa shape index (κ1) is 16.8. The molecule has 0 saturated carbocycles. The summed E-state index contributed by atoms with van der Waals surface area (Å²) in [5.41, 5.74) is 6.60. The molecule has 0 bridgehead atoms. The minimum Gasteiger partial charge on any atom is -0.339 e. The van der Waals surface area contributed by atoms with Gasteiger partial charge >= 0.3 is 0 Å². The average Bonchev–Trinajstić information content (AvgIpc) is 2.49. The van der Waals surface area contributed by atoms with Gasteiger partial charge in [0.2, 0.25) is 11.8 Å². The van der Waals surface area contributed by atoms with Gasteiger partial charge in [-0.1, -0.05) is 23.7 Å². The van der Waals surface area contributed by atoms with Gasteiger partial charge < -0.3 is 15.5 Å². The molecule has 5 nitrogen and oxygen atoms in total. The van der Waals surface area contributed by atoms with Crippen molar-refractivity contribution in [1.29, 1.82) is 0 Å². The zero-order valence-corrected chi connectivity index (χ0v) is 13.6. The van der Waals surface area contributed by atoms with Crippen LogP contribution in [0.2, 0.25) is 5.02 Å². The highest BCUT2D eigenvalue weighted by Gasteiger charge is 2.24. The van der Waals surface area contributed by atoms with Crippen LogP contribution >= 0.6 is 11.6 Å². The Balaban J connectivity index is 1.82. The van der Waals surface area contributed by atoms with Crippen molar-refractivity contribution in [3.05, 3.63) is 34.9 Å². The van der Waals surface area contributed by atoms with Crippen LogP contribution in [-0.2, 0) is 16.0 Å². The number of nitrogens with two attached hydrogens (primary N) is 1. The summed E-state index contributed by atoms with van der Waals surface area (Å²) in [7, 11) is 0. The van der Waals surface area contributed by atoms with Crippen LogP contribution in [-0.4, -0.2) is 53.8 Å². The summed E-state index contributed by atoms with van der Waals surface area (Å²) in [5, 5.41) is 0.664. The van der Waals surface area contributed by atoms with Crippen LogP contribution in [0.1, 0.15) is 18.9 Å². The summed E-state index contributed by atoms with van der Waals surface area (Å²) in [6, 6.07) is 7.17. The minimum atomic E-state index is -0.128. The molecular weight excluding hydrogens is 302 g/mol. The standard InChI is InChI=1S/C16H22ClN3O2/c1-12(18)10-15(21)19-6-8-20(9-7-19)16(22)11-13-2-4-14(17)5-3-13/h2-5,12H,6-11,18H2,1H3. The van der Waals surface area contributed by atoms with Gasteiger partial charge in [0.05, 0.1) is 6.42 Å². The molecule has 2 amide bonds. The molecule has 1 fully saturated rings. The van der Waals surface area contributed by atoms with E-state index in [4.69, 9.17) is 17.3 Å². The van der Waals surface area contributed by atoms with Gasteiger partial charge in [0, 0.05) is 43.7 Å². The van der Waals surface area contributed by atoms with E-state index < -0.39 is 0 Å². The maximum absolute atomic E-state index is 12.3. The molecule has 1 atom stereocenters. The number of carbonyl (C=O) groups is 2. The third kappa shape index (κ3) is 4.71. The second-order valence-corrected chi connectivity index (χ2v) is 6.18. The van der Waals surface area contributed by atoms with Crippen LogP contribution in [0.15, 0.2) is 24.3 Å². The van der Waals surface area contributed by atoms with Crippen molar-refractivity contribution in [2.24, 2.45) is 5.73 Å². The molecule has 2 N–H and O–H groups in total. The fraction of sp³-hybridized carbons (Fsp3) is 0.500. The lowest BCUT2D eigenvalue weighted by molar-refractivity contribution is -0.139. The van der Waals surface area contributed by atoms with Crippen molar-refractivity contribution < 1.29 is 9.59 Å². The van der Waals surface area contributed by atoms with E-state index in [9.17, 15) is 9.59 Å². The van der Waals surface area contributed by atoms with Gasteiger partial charge in [-0.3, -0.25) is 9.59 Å². The van der Waals surface area contributed by atoms with E-state index in [1.54, 1.807) is 17.0 Å². The molecule has 0 radical (unpaired) electrons. The zero-order chi connectivity index (χ0) is 16.1. The molecule has 1 aliphatic heterocycles. The largest absolute Gasteiger partial charge is 0.339 e. The molecule has 6 heteroatoms. The predicted octanol–water partition coefficient (Wildman–Crippen LogP) is 1.29. The highest BCUT2D eigenvalue weighted by molar-refractivity contribution is 6.30. The van der Waals surface area contributed by atoms with E-state index in [1.807, 2.05) is 24.0 Å². The maximum atomic E-state index is 12.3. The Morgan fingerprint density at radius 3 is 2.09 bits per heavy atom. The van der Waals surface area contributed by atoms with Crippen LogP contribution in [0.5, 0.6) is 0 Å². The monoisotopic (exact) mass is 323 g/mol. The summed E-state index contributed by atoms with van der Waals surface area (Å²) < 4.78 is 0. The van der Waals surface area contributed by atoms with E-state index in [0.29, 0.717) is 44.0 Å². The normalized spacial score (nSPS) is 16.5. The van der Waals surface area contributed by atoms with Crippen molar-refractivity contribution in [2.75, 3.05) is 26.2 Å². The Hall–Kier alpha value is -1.59. The molecule has 1 aliphatic rings. The average molecular weight is 324 g/mol. The minimum absolute atomic E-state index is 0.0693. The fourth-order valence-electron chi connectivity index (χ4n) is 2.50. The fourth-order valence-corrected chi connectivity index (χ4v) is 2.62. The van der Waals surface area contributed by atoms with Gasteiger partial charge in [0.25, 0.3) is 0 Å². The topological polar surface area (TPSA) is 66.6 Å². The Morgan fingerprint density at radius 1 is 1.09 bits per heavy atom. The molecule has 1 aromatic rings. The highest BCUT2D eigenvalue weighted by atomic mass is 35.5. The van der Waals surface area contributed by atoms with E-state index >= 15 is 0 Å². The number of benzene rings is 1. The lowest BCUT2D eigenvalue weighted by atomic mass is 10.1. The van der Waals surface area contributed by atoms with Crippen molar-refractivity contribution in [3.63, 3.8) is 0 Å². The Kier molecular flexibility index (Phi) is 5.80. The van der Waals surface area contributed by atoms with Crippen LogP contribution in [0.4, 0.5) is 0 Å². The van der Waals surface area contributed by atoms with E-state index in [-0.39, 0.29) is 17.9 Å². The highest BCUT2D eigenvalue weighted by Crippen LogP contribution is 2.12. The van der Waals surface area contributed by atoms with Crippen LogP contribution in [0.3, 0.4) is 0 Å². The van der Waals surface area contributed by atoms with Crippen molar-refractivity contribution >= 4 is 23.4 Å². The number of hydrogen-bond acceptors (Lipinski definition) is 3. The Labute approximate surface area is 136 Å². The van der Waals surface area contributed by atoms with Crippen molar-refractivity contribution in [1.82, 2.24) is 9.80 Å². The molecule has 1 aromatic carbocycles. The summed E-state index contributed by atoms with van der Waals surface area (Å²) in [4.78, 5) is 27.8. The van der Waals surface area contributed by atoms with Gasteiger partial charge in [-0.15, -0.1) is 0 Å². The molecule has 0 spiro atoms. The molecule has 1 unspecified atom stereocenters. The van der Waals surface area contributed by atoms with Crippen LogP contribution < -0.4 is 5.73 Å². The third-order valence-electron chi connectivity index (χ3n) is 3.75. The first-order valence-electron chi connectivity index (χ1n) is 7.51. The van der Waals surface area contributed by atoms with Crippen molar-refractivity contribution in [2.45, 2.75) is 25.8 Å². The summed E-state index contributed by atoms with van der Waals surface area (Å²) >= 11 is 5.84. The molecule has 1 saturated heterocycles. The molecule has 0 aliphatic carbocycles. The lowest BCUT2D eigenvalue weighted by Crippen LogP contribution is -2.51. The number of piperazine rings is 1. The van der Waals surface area contributed by atoms with Gasteiger partial charge in [-0.25, -0.2) is 0 Å². The number of halogens is 1. The first-order valence-corrected chi connectivity index (χ1v) is 7.89. The van der Waals surface area contributed by atoms with Crippen LogP contribution in [0.25, 0.3) is 0 Å². The number of carbonyl (C=O) groups excluding carboxylic acids is 2. The molecule has 120 valence electrons. The van der Waals surface area contributed by atoms with Gasteiger partial charge in [-0.2, -0.15) is 0 Å². The van der Waals surface area contributed by atoms with Gasteiger partial charge in [0.1, 0.15) is 0 Å².